The van der Waals surface area contributed by atoms with Gasteiger partial charge in [-0.25, -0.2) is 0 Å². The molecule has 0 bridgehead atoms. The van der Waals surface area contributed by atoms with Crippen LogP contribution in [0.5, 0.6) is 0 Å². The molecule has 0 saturated carbocycles. The van der Waals surface area contributed by atoms with E-state index >= 15 is 0 Å². The Morgan fingerprint density at radius 2 is 0.767 bits per heavy atom. The molecule has 3 heterocycles. The Labute approximate surface area is 541 Å². The second kappa shape index (κ2) is 52.7. The van der Waals surface area contributed by atoms with Crippen molar-refractivity contribution in [2.75, 3.05) is 26.4 Å². The first-order chi connectivity index (χ1) is 43.8. The molecule has 3 saturated heterocycles. The minimum absolute atomic E-state index is 0.245. The molecule has 3 aliphatic rings. The van der Waals surface area contributed by atoms with Crippen molar-refractivity contribution in [3.05, 3.63) is 60.8 Å². The predicted octanol–water partition coefficient (Wildman–Crippen LogP) is 9.55. The van der Waals surface area contributed by atoms with Gasteiger partial charge in [-0.15, -0.1) is 0 Å². The number of hydrogen-bond donors (Lipinski definition) is 12. The van der Waals surface area contributed by atoms with Crippen LogP contribution in [0.15, 0.2) is 60.8 Å². The van der Waals surface area contributed by atoms with Gasteiger partial charge in [0, 0.05) is 6.42 Å². The lowest BCUT2D eigenvalue weighted by molar-refractivity contribution is -0.379. The lowest BCUT2D eigenvalue weighted by Gasteiger charge is -2.48. The van der Waals surface area contributed by atoms with Gasteiger partial charge in [0.1, 0.15) is 73.2 Å². The van der Waals surface area contributed by atoms with Gasteiger partial charge in [0.2, 0.25) is 5.91 Å². The summed E-state index contributed by atoms with van der Waals surface area (Å²) in [6.45, 7) is 1.69. The maximum Gasteiger partial charge on any atom is 0.220 e. The van der Waals surface area contributed by atoms with Gasteiger partial charge in [-0.05, 0) is 57.8 Å². The predicted molar refractivity (Wildman–Crippen MR) is 351 cm³/mol. The molecule has 3 aliphatic heterocycles. The summed E-state index contributed by atoms with van der Waals surface area (Å²) < 4.78 is 34.4. The number of allylic oxidation sites excluding steroid dienone is 10. The molecule has 3 rings (SSSR count). The SMILES string of the molecule is CC/C=C\C/C=C\C/C=C\C/C=C\C/C=C\CCCCCCCCCCCCCCCC(=O)NC(COC1OC(CO)C(OC2OC(CO)C(OC3OC(CO)C(O)C(O)C3O)C(O)C2O)C(O)C1O)C(O)CCCCCCCCCCCCCCCCCC. The Balaban J connectivity index is 1.39. The number of amides is 1. The minimum Gasteiger partial charge on any atom is -0.394 e. The second-order valence-corrected chi connectivity index (χ2v) is 25.3. The number of aliphatic hydroxyl groups excluding tert-OH is 11. The number of nitrogens with one attached hydrogen (secondary N) is 1. The molecule has 0 radical (unpaired) electrons. The number of carbonyl (C=O) groups is 1. The molecule has 0 aromatic rings. The minimum atomic E-state index is -1.97. The van der Waals surface area contributed by atoms with E-state index in [9.17, 15) is 61.0 Å². The van der Waals surface area contributed by atoms with E-state index in [4.69, 9.17) is 28.4 Å². The molecule has 1 amide bonds. The van der Waals surface area contributed by atoms with Crippen molar-refractivity contribution in [3.8, 4) is 0 Å². The van der Waals surface area contributed by atoms with Gasteiger partial charge in [-0.2, -0.15) is 0 Å². The van der Waals surface area contributed by atoms with Crippen molar-refractivity contribution in [2.24, 2.45) is 0 Å². The first-order valence-corrected chi connectivity index (χ1v) is 35.5. The molecule has 524 valence electrons. The van der Waals surface area contributed by atoms with Crippen LogP contribution in [0.1, 0.15) is 251 Å². The van der Waals surface area contributed by atoms with E-state index in [1.165, 1.54) is 135 Å². The van der Waals surface area contributed by atoms with Gasteiger partial charge >= 0.3 is 0 Å². The van der Waals surface area contributed by atoms with Crippen molar-refractivity contribution in [1.82, 2.24) is 5.32 Å². The highest BCUT2D eigenvalue weighted by atomic mass is 16.8. The highest BCUT2D eigenvalue weighted by Crippen LogP contribution is 2.33. The van der Waals surface area contributed by atoms with Crippen molar-refractivity contribution in [3.63, 3.8) is 0 Å². The first-order valence-electron chi connectivity index (χ1n) is 35.5. The van der Waals surface area contributed by atoms with Crippen LogP contribution in [0.25, 0.3) is 0 Å². The van der Waals surface area contributed by atoms with Crippen LogP contribution in [-0.2, 0) is 33.2 Å². The van der Waals surface area contributed by atoms with Crippen LogP contribution in [0.4, 0.5) is 0 Å². The van der Waals surface area contributed by atoms with Crippen LogP contribution in [0, 0.1) is 0 Å². The van der Waals surface area contributed by atoms with Crippen LogP contribution in [0.3, 0.4) is 0 Å². The highest BCUT2D eigenvalue weighted by Gasteiger charge is 2.53. The zero-order valence-electron chi connectivity index (χ0n) is 55.4. The summed E-state index contributed by atoms with van der Waals surface area (Å²) in [6.07, 6.45) is 37.2. The van der Waals surface area contributed by atoms with Crippen LogP contribution in [-0.4, -0.2) is 193 Å². The first kappa shape index (κ1) is 81.7. The molecule has 0 aromatic carbocycles. The van der Waals surface area contributed by atoms with Gasteiger partial charge in [-0.3, -0.25) is 4.79 Å². The van der Waals surface area contributed by atoms with E-state index in [2.05, 4.69) is 79.9 Å². The van der Waals surface area contributed by atoms with E-state index < -0.39 is 124 Å². The monoisotopic (exact) mass is 1280 g/mol. The Morgan fingerprint density at radius 1 is 0.411 bits per heavy atom. The summed E-state index contributed by atoms with van der Waals surface area (Å²) in [6, 6.07) is -0.890. The molecule has 90 heavy (non-hydrogen) atoms. The quantitative estimate of drug-likeness (QED) is 0.0199. The third-order valence-corrected chi connectivity index (χ3v) is 17.6. The molecule has 3 fully saturated rings. The largest absolute Gasteiger partial charge is 0.394 e. The third kappa shape index (κ3) is 34.2. The van der Waals surface area contributed by atoms with Crippen molar-refractivity contribution in [1.29, 1.82) is 0 Å². The zero-order valence-corrected chi connectivity index (χ0v) is 55.4. The number of unbranched alkanes of at least 4 members (excludes halogenated alkanes) is 28. The normalized spacial score (nSPS) is 28.4. The van der Waals surface area contributed by atoms with E-state index in [1.54, 1.807) is 0 Å². The van der Waals surface area contributed by atoms with Gasteiger partial charge in [0.25, 0.3) is 0 Å². The van der Waals surface area contributed by atoms with Gasteiger partial charge in [-0.1, -0.05) is 248 Å². The number of rotatable bonds is 54. The van der Waals surface area contributed by atoms with E-state index in [-0.39, 0.29) is 18.9 Å². The van der Waals surface area contributed by atoms with E-state index in [1.807, 2.05) is 0 Å². The molecule has 19 nitrogen and oxygen atoms in total. The lowest BCUT2D eigenvalue weighted by atomic mass is 9.96. The van der Waals surface area contributed by atoms with Crippen LogP contribution < -0.4 is 5.32 Å². The Kier molecular flexibility index (Phi) is 47.9. The van der Waals surface area contributed by atoms with Crippen molar-refractivity contribution < 1.29 is 89.4 Å². The molecule has 17 unspecified atom stereocenters. The van der Waals surface area contributed by atoms with Crippen molar-refractivity contribution >= 4 is 5.91 Å². The number of aliphatic hydroxyl groups is 11. The average molecular weight is 1280 g/mol. The highest BCUT2D eigenvalue weighted by molar-refractivity contribution is 5.76. The standard InChI is InChI=1S/C71H127NO18/c1-3-5-7-9-11-13-15-17-19-21-22-23-24-25-26-27-28-29-30-31-32-33-35-37-39-41-43-45-47-49-59(77)72-54(55(76)48-46-44-42-40-38-36-34-20-18-16-14-12-10-8-6-4-2)53-85-69-65(83)62(80)67(57(51-74)87-69)90-71-66(84)63(81)68(58(52-75)88-71)89-70-64(82)61(79)60(78)56(50-73)86-70/h5,7,11,13,17,19,22-23,25-26,54-58,60-71,73-76,78-84H,3-4,6,8-10,12,14-16,18,20-21,24,27-53H2,1-2H3,(H,72,77)/b7-5-,13-11-,19-17-,23-22-,26-25-. The van der Waals surface area contributed by atoms with Crippen molar-refractivity contribution in [2.45, 2.75) is 356 Å². The molecular formula is C71H127NO18. The fourth-order valence-corrected chi connectivity index (χ4v) is 11.9. The number of ether oxygens (including phenoxy) is 6. The molecule has 0 aliphatic carbocycles. The molecule has 19 heteroatoms. The lowest BCUT2D eigenvalue weighted by Crippen LogP contribution is -2.66. The number of carbonyl (C=O) groups excluding carboxylic acids is 1. The Hall–Kier alpha value is -2.51. The topological polar surface area (TPSA) is 307 Å². The summed E-state index contributed by atoms with van der Waals surface area (Å²) >= 11 is 0. The molecule has 0 spiro atoms. The summed E-state index contributed by atoms with van der Waals surface area (Å²) in [7, 11) is 0. The van der Waals surface area contributed by atoms with E-state index in [0.29, 0.717) is 12.8 Å². The van der Waals surface area contributed by atoms with Crippen LogP contribution >= 0.6 is 0 Å². The maximum absolute atomic E-state index is 13.4. The fourth-order valence-electron chi connectivity index (χ4n) is 11.9. The third-order valence-electron chi connectivity index (χ3n) is 17.6. The molecule has 0 aromatic heterocycles. The summed E-state index contributed by atoms with van der Waals surface area (Å²) in [5, 5.41) is 121. The average Bonchev–Trinajstić information content (AvgIpc) is 1.05. The summed E-state index contributed by atoms with van der Waals surface area (Å²) in [5.41, 5.74) is 0. The Bertz CT molecular complexity index is 1870. The molecule has 17 atom stereocenters. The summed E-state index contributed by atoms with van der Waals surface area (Å²) in [5.74, 6) is -0.245. The van der Waals surface area contributed by atoms with Gasteiger partial charge in [0.05, 0.1) is 38.6 Å². The smallest absolute Gasteiger partial charge is 0.220 e. The molecule has 12 N–H and O–H groups in total. The number of hydrogen-bond acceptors (Lipinski definition) is 18. The van der Waals surface area contributed by atoms with Crippen LogP contribution in [0.2, 0.25) is 0 Å². The molecular weight excluding hydrogens is 1150 g/mol. The van der Waals surface area contributed by atoms with Gasteiger partial charge in [0.15, 0.2) is 18.9 Å². The van der Waals surface area contributed by atoms with Gasteiger partial charge < -0.3 is 89.9 Å². The Morgan fingerprint density at radius 3 is 1.20 bits per heavy atom. The maximum atomic E-state index is 13.4. The summed E-state index contributed by atoms with van der Waals surface area (Å²) in [4.78, 5) is 13.4. The van der Waals surface area contributed by atoms with E-state index in [0.717, 1.165) is 83.5 Å². The zero-order chi connectivity index (χ0) is 65.4. The fraction of sp³-hybridized carbons (Fsp3) is 0.845. The second-order valence-electron chi connectivity index (χ2n) is 25.3.